The van der Waals surface area contributed by atoms with Crippen LogP contribution in [0.15, 0.2) is 72.3 Å². The Kier molecular flexibility index (Phi) is 8.44. The van der Waals surface area contributed by atoms with E-state index in [1.807, 2.05) is 76.2 Å². The van der Waals surface area contributed by atoms with Crippen LogP contribution in [0.2, 0.25) is 0 Å². The van der Waals surface area contributed by atoms with Crippen LogP contribution >= 0.6 is 0 Å². The topological polar surface area (TPSA) is 76.1 Å². The lowest BCUT2D eigenvalue weighted by Crippen LogP contribution is -2.29. The van der Waals surface area contributed by atoms with Crippen molar-refractivity contribution in [3.05, 3.63) is 94.6 Å². The van der Waals surface area contributed by atoms with Crippen LogP contribution in [0, 0.1) is 12.8 Å². The normalized spacial score (nSPS) is 16.8. The van der Waals surface area contributed by atoms with E-state index in [-0.39, 0.29) is 17.3 Å². The molecule has 1 unspecified atom stereocenters. The van der Waals surface area contributed by atoms with E-state index in [0.29, 0.717) is 41.7 Å². The Hall–Kier alpha value is -4.06. The van der Waals surface area contributed by atoms with E-state index in [9.17, 15) is 14.7 Å². The zero-order valence-corrected chi connectivity index (χ0v) is 23.5. The van der Waals surface area contributed by atoms with E-state index in [2.05, 4.69) is 13.8 Å². The lowest BCUT2D eigenvalue weighted by Gasteiger charge is -2.26. The number of ether oxygens (including phenoxy) is 2. The standard InChI is InChI=1S/C33H37NO5/c1-7-38-28-15-14-24(18-27(28)21(4)5)31(35)29-30(23-11-9-13-26(17-23)39-19-20(2)3)34(33(37)32(29)36)25-12-8-10-22(6)16-25/h8-18,20-21,30,35H,7,19H2,1-6H3/b31-29+. The Labute approximate surface area is 230 Å². The number of carbonyl (C=O) groups is 2. The molecule has 1 aliphatic rings. The minimum Gasteiger partial charge on any atom is -0.507 e. The minimum absolute atomic E-state index is 0.0429. The van der Waals surface area contributed by atoms with Crippen LogP contribution in [0.4, 0.5) is 5.69 Å². The molecule has 39 heavy (non-hydrogen) atoms. The van der Waals surface area contributed by atoms with Crippen LogP contribution in [-0.2, 0) is 9.59 Å². The maximum absolute atomic E-state index is 13.6. The molecule has 4 rings (SSSR count). The van der Waals surface area contributed by atoms with Crippen molar-refractivity contribution in [1.29, 1.82) is 0 Å². The Bertz CT molecular complexity index is 1400. The Balaban J connectivity index is 1.91. The zero-order chi connectivity index (χ0) is 28.3. The Morgan fingerprint density at radius 2 is 1.69 bits per heavy atom. The number of carbonyl (C=O) groups excluding carboxylic acids is 2. The predicted molar refractivity (Wildman–Crippen MR) is 154 cm³/mol. The minimum atomic E-state index is -0.830. The molecule has 1 N–H and O–H groups in total. The quantitative estimate of drug-likeness (QED) is 0.181. The van der Waals surface area contributed by atoms with E-state index in [1.165, 1.54) is 4.90 Å². The summed E-state index contributed by atoms with van der Waals surface area (Å²) in [5, 5.41) is 11.6. The van der Waals surface area contributed by atoms with Gasteiger partial charge in [0.15, 0.2) is 0 Å². The third kappa shape index (κ3) is 5.85. The second-order valence-electron chi connectivity index (χ2n) is 10.6. The first kappa shape index (κ1) is 28.0. The highest BCUT2D eigenvalue weighted by atomic mass is 16.5. The number of aliphatic hydroxyl groups excluding tert-OH is 1. The fraction of sp³-hybridized carbons (Fsp3) is 0.333. The van der Waals surface area contributed by atoms with Crippen LogP contribution in [0.25, 0.3) is 5.76 Å². The molecule has 1 amide bonds. The van der Waals surface area contributed by atoms with Crippen molar-refractivity contribution in [3.63, 3.8) is 0 Å². The average Bonchev–Trinajstić information content (AvgIpc) is 3.17. The number of ketones is 1. The average molecular weight is 528 g/mol. The van der Waals surface area contributed by atoms with Crippen molar-refractivity contribution in [2.75, 3.05) is 18.1 Å². The van der Waals surface area contributed by atoms with Gasteiger partial charge in [0.1, 0.15) is 17.3 Å². The highest BCUT2D eigenvalue weighted by Gasteiger charge is 2.47. The third-order valence-electron chi connectivity index (χ3n) is 6.69. The van der Waals surface area contributed by atoms with E-state index < -0.39 is 17.7 Å². The monoisotopic (exact) mass is 527 g/mol. The summed E-state index contributed by atoms with van der Waals surface area (Å²) in [4.78, 5) is 28.6. The fourth-order valence-electron chi connectivity index (χ4n) is 4.82. The lowest BCUT2D eigenvalue weighted by atomic mass is 9.93. The van der Waals surface area contributed by atoms with E-state index in [1.54, 1.807) is 18.2 Å². The van der Waals surface area contributed by atoms with Gasteiger partial charge in [-0.1, -0.05) is 52.0 Å². The summed E-state index contributed by atoms with van der Waals surface area (Å²) in [5.74, 6) is 0.200. The molecule has 3 aromatic rings. The number of nitrogens with zero attached hydrogens (tertiary/aromatic N) is 1. The number of amides is 1. The summed E-state index contributed by atoms with van der Waals surface area (Å²) in [6.45, 7) is 13.1. The van der Waals surface area contributed by atoms with Crippen molar-refractivity contribution in [2.45, 2.75) is 53.5 Å². The molecule has 6 heteroatoms. The van der Waals surface area contributed by atoms with Crippen molar-refractivity contribution in [1.82, 2.24) is 0 Å². The number of benzene rings is 3. The Morgan fingerprint density at radius 3 is 2.36 bits per heavy atom. The van der Waals surface area contributed by atoms with Crippen molar-refractivity contribution >= 4 is 23.1 Å². The smallest absolute Gasteiger partial charge is 0.300 e. The molecule has 3 aromatic carbocycles. The molecule has 0 radical (unpaired) electrons. The molecule has 204 valence electrons. The van der Waals surface area contributed by atoms with Crippen LogP contribution in [-0.4, -0.2) is 30.0 Å². The molecule has 1 heterocycles. The van der Waals surface area contributed by atoms with Crippen LogP contribution in [0.3, 0.4) is 0 Å². The van der Waals surface area contributed by atoms with E-state index in [0.717, 1.165) is 16.9 Å². The zero-order valence-electron chi connectivity index (χ0n) is 23.5. The number of Topliss-reactive ketones (excluding diaryl/α,β-unsaturated/α-hetero) is 1. The molecular weight excluding hydrogens is 490 g/mol. The second kappa shape index (κ2) is 11.8. The van der Waals surface area contributed by atoms with Crippen molar-refractivity contribution in [2.24, 2.45) is 5.92 Å². The Morgan fingerprint density at radius 1 is 0.949 bits per heavy atom. The van der Waals surface area contributed by atoms with Gasteiger partial charge in [-0.2, -0.15) is 0 Å². The van der Waals surface area contributed by atoms with Crippen molar-refractivity contribution < 1.29 is 24.2 Å². The lowest BCUT2D eigenvalue weighted by molar-refractivity contribution is -0.132. The van der Waals surface area contributed by atoms with Gasteiger partial charge < -0.3 is 14.6 Å². The van der Waals surface area contributed by atoms with Gasteiger partial charge in [0.25, 0.3) is 11.7 Å². The van der Waals surface area contributed by atoms with Crippen molar-refractivity contribution in [3.8, 4) is 11.5 Å². The number of hydrogen-bond acceptors (Lipinski definition) is 5. The molecule has 1 fully saturated rings. The maximum atomic E-state index is 13.6. The van der Waals surface area contributed by atoms with E-state index in [4.69, 9.17) is 9.47 Å². The van der Waals surface area contributed by atoms with Gasteiger partial charge in [0, 0.05) is 11.3 Å². The number of aryl methyl sites for hydroxylation is 1. The van der Waals surface area contributed by atoms with E-state index >= 15 is 0 Å². The SMILES string of the molecule is CCOc1ccc(/C(O)=C2\C(=O)C(=O)N(c3cccc(C)c3)C2c2cccc(OCC(C)C)c2)cc1C(C)C. The largest absolute Gasteiger partial charge is 0.507 e. The van der Waals surface area contributed by atoms with Crippen LogP contribution in [0.5, 0.6) is 11.5 Å². The van der Waals surface area contributed by atoms with Gasteiger partial charge >= 0.3 is 0 Å². The molecule has 0 aromatic heterocycles. The van der Waals surface area contributed by atoms with Gasteiger partial charge in [-0.25, -0.2) is 0 Å². The fourth-order valence-corrected chi connectivity index (χ4v) is 4.82. The molecule has 0 saturated carbocycles. The molecular formula is C33H37NO5. The summed E-state index contributed by atoms with van der Waals surface area (Å²) in [5.41, 5.74) is 3.63. The van der Waals surface area contributed by atoms with Crippen LogP contribution in [0.1, 0.15) is 68.8 Å². The first-order valence-electron chi connectivity index (χ1n) is 13.5. The first-order valence-corrected chi connectivity index (χ1v) is 13.5. The molecule has 6 nitrogen and oxygen atoms in total. The van der Waals surface area contributed by atoms with Gasteiger partial charge in [-0.15, -0.1) is 0 Å². The summed E-state index contributed by atoms with van der Waals surface area (Å²) in [6, 6.07) is 19.4. The summed E-state index contributed by atoms with van der Waals surface area (Å²) < 4.78 is 11.7. The van der Waals surface area contributed by atoms with Gasteiger partial charge in [-0.05, 0) is 84.8 Å². The number of aliphatic hydroxyl groups is 1. The number of rotatable bonds is 9. The molecule has 0 aliphatic carbocycles. The third-order valence-corrected chi connectivity index (χ3v) is 6.69. The van der Waals surface area contributed by atoms with Gasteiger partial charge in [0.05, 0.1) is 24.8 Å². The number of anilines is 1. The molecule has 1 saturated heterocycles. The maximum Gasteiger partial charge on any atom is 0.300 e. The highest BCUT2D eigenvalue weighted by molar-refractivity contribution is 6.51. The predicted octanol–water partition coefficient (Wildman–Crippen LogP) is 7.18. The molecule has 1 atom stereocenters. The second-order valence-corrected chi connectivity index (χ2v) is 10.6. The summed E-state index contributed by atoms with van der Waals surface area (Å²) in [7, 11) is 0. The number of hydrogen-bond donors (Lipinski definition) is 1. The van der Waals surface area contributed by atoms with Gasteiger partial charge in [0.2, 0.25) is 0 Å². The highest BCUT2D eigenvalue weighted by Crippen LogP contribution is 2.43. The van der Waals surface area contributed by atoms with Gasteiger partial charge in [-0.3, -0.25) is 14.5 Å². The molecule has 0 bridgehead atoms. The summed E-state index contributed by atoms with van der Waals surface area (Å²) in [6.07, 6.45) is 0. The summed E-state index contributed by atoms with van der Waals surface area (Å²) >= 11 is 0. The molecule has 0 spiro atoms. The molecule has 1 aliphatic heterocycles. The first-order chi connectivity index (χ1) is 18.6. The van der Waals surface area contributed by atoms with Crippen LogP contribution < -0.4 is 14.4 Å².